The summed E-state index contributed by atoms with van der Waals surface area (Å²) < 4.78 is 35.1. The van der Waals surface area contributed by atoms with Crippen LogP contribution in [0.3, 0.4) is 0 Å². The summed E-state index contributed by atoms with van der Waals surface area (Å²) in [6.07, 6.45) is 3.27. The van der Waals surface area contributed by atoms with Gasteiger partial charge in [-0.25, -0.2) is 18.6 Å². The predicted octanol–water partition coefficient (Wildman–Crippen LogP) is 4.36. The molecule has 11 nitrogen and oxygen atoms in total. The Morgan fingerprint density at radius 1 is 1.16 bits per heavy atom. The monoisotopic (exact) mass is 625 g/mol. The molecule has 0 saturated heterocycles. The number of likely N-dealkylation sites (N-methyl/N-ethyl adjacent to an activating group) is 1. The van der Waals surface area contributed by atoms with Crippen molar-refractivity contribution in [3.63, 3.8) is 0 Å². The van der Waals surface area contributed by atoms with E-state index in [0.717, 1.165) is 12.1 Å². The topological polar surface area (TPSA) is 143 Å². The number of anilines is 1. The SMILES string of the molecule is CN(C)C(=O)/C=C/CC[C@H](NC(=O)O)C(=O)Nc1cccn(Cc2nc3cccc(OCc4ccc(F)cc4F)c3s2)c1=O. The number of aromatic nitrogens is 2. The summed E-state index contributed by atoms with van der Waals surface area (Å²) in [5.74, 6) is -1.93. The Morgan fingerprint density at radius 2 is 1.95 bits per heavy atom. The van der Waals surface area contributed by atoms with Crippen molar-refractivity contribution >= 4 is 45.1 Å². The number of carbonyl (C=O) groups is 3. The van der Waals surface area contributed by atoms with Crippen LogP contribution in [-0.2, 0) is 22.7 Å². The number of pyridine rings is 1. The highest BCUT2D eigenvalue weighted by molar-refractivity contribution is 7.19. The fourth-order valence-corrected chi connectivity index (χ4v) is 5.11. The van der Waals surface area contributed by atoms with Crippen LogP contribution in [0.4, 0.5) is 19.3 Å². The molecule has 0 aliphatic heterocycles. The van der Waals surface area contributed by atoms with Crippen molar-refractivity contribution in [2.24, 2.45) is 0 Å². The van der Waals surface area contributed by atoms with E-state index >= 15 is 0 Å². The van der Waals surface area contributed by atoms with Gasteiger partial charge in [-0.2, -0.15) is 0 Å². The molecular formula is C30H29F2N5O6S. The maximum atomic E-state index is 14.0. The number of hydrogen-bond acceptors (Lipinski definition) is 7. The van der Waals surface area contributed by atoms with Crippen LogP contribution in [0.1, 0.15) is 23.4 Å². The molecule has 0 spiro atoms. The van der Waals surface area contributed by atoms with Crippen molar-refractivity contribution in [3.8, 4) is 5.75 Å². The van der Waals surface area contributed by atoms with E-state index < -0.39 is 35.2 Å². The molecule has 14 heteroatoms. The van der Waals surface area contributed by atoms with Crippen LogP contribution in [0, 0.1) is 11.6 Å². The molecule has 0 aliphatic carbocycles. The van der Waals surface area contributed by atoms with Gasteiger partial charge in [-0.15, -0.1) is 11.3 Å². The molecule has 4 aromatic rings. The molecule has 3 amide bonds. The lowest BCUT2D eigenvalue weighted by atomic mass is 10.1. The molecule has 2 aromatic heterocycles. The predicted molar refractivity (Wildman–Crippen MR) is 161 cm³/mol. The van der Waals surface area contributed by atoms with Crippen molar-refractivity contribution < 1.29 is 33.0 Å². The van der Waals surface area contributed by atoms with E-state index in [9.17, 15) is 33.1 Å². The lowest BCUT2D eigenvalue weighted by Crippen LogP contribution is -2.44. The summed E-state index contributed by atoms with van der Waals surface area (Å²) in [5.41, 5.74) is 0.201. The standard InChI is InChI=1S/C30H29F2N5O6S/c1-36(2)26(38)11-4-3-7-22(35-30(41)42)28(39)34-23-9-6-14-37(29(23)40)16-25-33-21-8-5-10-24(27(21)44-25)43-17-18-12-13-19(31)15-20(18)32/h4-6,8-15,22,35H,3,7,16-17H2,1-2H3,(H,34,39)(H,41,42)/b11-4+/t22-/m0/s1. The third-order valence-electron chi connectivity index (χ3n) is 6.34. The third kappa shape index (κ3) is 8.25. The van der Waals surface area contributed by atoms with E-state index in [4.69, 9.17) is 4.74 Å². The van der Waals surface area contributed by atoms with E-state index in [2.05, 4.69) is 15.6 Å². The number of carboxylic acid groups (broad SMARTS) is 1. The van der Waals surface area contributed by atoms with Gasteiger partial charge in [0, 0.05) is 31.9 Å². The van der Waals surface area contributed by atoms with Crippen molar-refractivity contribution in [2.45, 2.75) is 32.0 Å². The van der Waals surface area contributed by atoms with E-state index in [1.807, 2.05) is 0 Å². The van der Waals surface area contributed by atoms with E-state index in [0.29, 0.717) is 21.0 Å². The normalized spacial score (nSPS) is 11.8. The van der Waals surface area contributed by atoms with Crippen molar-refractivity contribution in [2.75, 3.05) is 19.4 Å². The van der Waals surface area contributed by atoms with Gasteiger partial charge >= 0.3 is 6.09 Å². The van der Waals surface area contributed by atoms with Crippen LogP contribution in [0.2, 0.25) is 0 Å². The molecule has 1 atom stereocenters. The van der Waals surface area contributed by atoms with Crippen LogP contribution in [-0.4, -0.2) is 57.6 Å². The molecule has 44 heavy (non-hydrogen) atoms. The van der Waals surface area contributed by atoms with Crippen LogP contribution >= 0.6 is 11.3 Å². The zero-order chi connectivity index (χ0) is 31.8. The van der Waals surface area contributed by atoms with Crippen LogP contribution in [0.25, 0.3) is 10.2 Å². The van der Waals surface area contributed by atoms with Gasteiger partial charge in [0.25, 0.3) is 5.56 Å². The molecule has 0 bridgehead atoms. The van der Waals surface area contributed by atoms with Crippen LogP contribution in [0.5, 0.6) is 5.75 Å². The number of allylic oxidation sites excluding steroid dienone is 1. The second-order valence-corrected chi connectivity index (χ2v) is 10.9. The molecule has 3 N–H and O–H groups in total. The Labute approximate surface area is 254 Å². The average molecular weight is 626 g/mol. The lowest BCUT2D eigenvalue weighted by Gasteiger charge is -2.16. The number of hydrogen-bond donors (Lipinski definition) is 3. The minimum atomic E-state index is -1.41. The number of rotatable bonds is 12. The number of carbonyl (C=O) groups excluding carboxylic acids is 2. The molecule has 230 valence electrons. The van der Waals surface area contributed by atoms with Gasteiger partial charge in [0.1, 0.15) is 40.7 Å². The minimum absolute atomic E-state index is 0.0558. The number of nitrogens with one attached hydrogen (secondary N) is 2. The maximum absolute atomic E-state index is 14.0. The van der Waals surface area contributed by atoms with Gasteiger partial charge < -0.3 is 29.9 Å². The molecule has 0 saturated carbocycles. The first-order chi connectivity index (χ1) is 21.0. The second-order valence-electron chi connectivity index (χ2n) is 9.80. The van der Waals surface area contributed by atoms with Crippen LogP contribution in [0.15, 0.2) is 71.7 Å². The molecule has 0 unspecified atom stereocenters. The summed E-state index contributed by atoms with van der Waals surface area (Å²) >= 11 is 1.27. The van der Waals surface area contributed by atoms with E-state index in [1.54, 1.807) is 38.4 Å². The molecule has 2 aromatic carbocycles. The minimum Gasteiger partial charge on any atom is -0.487 e. The highest BCUT2D eigenvalue weighted by Gasteiger charge is 2.21. The number of fused-ring (bicyclic) bond motifs is 1. The molecule has 4 rings (SSSR count). The number of amides is 3. The van der Waals surface area contributed by atoms with Gasteiger partial charge in [0.05, 0.1) is 16.8 Å². The van der Waals surface area contributed by atoms with Gasteiger partial charge in [-0.05, 0) is 55.3 Å². The molecule has 2 heterocycles. The van der Waals surface area contributed by atoms with Gasteiger partial charge in [-0.1, -0.05) is 12.1 Å². The number of ether oxygens (including phenoxy) is 1. The van der Waals surface area contributed by atoms with E-state index in [1.165, 1.54) is 51.3 Å². The third-order valence-corrected chi connectivity index (χ3v) is 7.41. The first-order valence-corrected chi connectivity index (χ1v) is 14.2. The Balaban J connectivity index is 1.46. The first-order valence-electron chi connectivity index (χ1n) is 13.3. The molecule has 0 radical (unpaired) electrons. The van der Waals surface area contributed by atoms with Gasteiger partial charge in [0.15, 0.2) is 0 Å². The first kappa shape index (κ1) is 31.8. The van der Waals surface area contributed by atoms with Crippen molar-refractivity contribution in [1.29, 1.82) is 0 Å². The summed E-state index contributed by atoms with van der Waals surface area (Å²) in [7, 11) is 3.18. The zero-order valence-electron chi connectivity index (χ0n) is 23.8. The lowest BCUT2D eigenvalue weighted by molar-refractivity contribution is -0.123. The number of nitrogens with zero attached hydrogens (tertiary/aromatic N) is 3. The highest BCUT2D eigenvalue weighted by atomic mass is 32.1. The molecule has 0 fully saturated rings. The average Bonchev–Trinajstić information content (AvgIpc) is 3.39. The summed E-state index contributed by atoms with van der Waals surface area (Å²) in [6.45, 7) is -0.0582. The van der Waals surface area contributed by atoms with Gasteiger partial charge in [0.2, 0.25) is 11.8 Å². The maximum Gasteiger partial charge on any atom is 0.405 e. The van der Waals surface area contributed by atoms with E-state index in [-0.39, 0.29) is 43.2 Å². The summed E-state index contributed by atoms with van der Waals surface area (Å²) in [4.78, 5) is 55.0. The number of benzene rings is 2. The Morgan fingerprint density at radius 3 is 2.68 bits per heavy atom. The van der Waals surface area contributed by atoms with Crippen molar-refractivity contribution in [3.05, 3.63) is 99.4 Å². The Hall–Kier alpha value is -5.11. The highest BCUT2D eigenvalue weighted by Crippen LogP contribution is 2.32. The van der Waals surface area contributed by atoms with Crippen LogP contribution < -0.4 is 20.9 Å². The fraction of sp³-hybridized carbons (Fsp3) is 0.233. The molecular weight excluding hydrogens is 596 g/mol. The Bertz CT molecular complexity index is 1770. The number of thiazole rings is 1. The quantitative estimate of drug-likeness (QED) is 0.199. The number of halogens is 2. The van der Waals surface area contributed by atoms with Gasteiger partial charge in [-0.3, -0.25) is 14.4 Å². The fourth-order valence-electron chi connectivity index (χ4n) is 4.08. The Kier molecular flexibility index (Phi) is 10.4. The largest absolute Gasteiger partial charge is 0.487 e. The molecule has 0 aliphatic rings. The smallest absolute Gasteiger partial charge is 0.405 e. The summed E-state index contributed by atoms with van der Waals surface area (Å²) in [5, 5.41) is 14.4. The second kappa shape index (κ2) is 14.4. The zero-order valence-corrected chi connectivity index (χ0v) is 24.6. The summed E-state index contributed by atoms with van der Waals surface area (Å²) in [6, 6.07) is 10.2. The van der Waals surface area contributed by atoms with Crippen molar-refractivity contribution in [1.82, 2.24) is 19.8 Å².